The Hall–Kier alpha value is -5.33. The normalized spacial score (nSPS) is 14.3. The minimum absolute atomic E-state index is 0.00292. The van der Waals surface area contributed by atoms with E-state index in [-0.39, 0.29) is 17.6 Å². The number of anilines is 1. The van der Waals surface area contributed by atoms with E-state index < -0.39 is 11.6 Å². The van der Waals surface area contributed by atoms with Crippen LogP contribution in [-0.2, 0) is 21.4 Å². The Kier molecular flexibility index (Phi) is 42.2. The summed E-state index contributed by atoms with van der Waals surface area (Å²) in [7, 11) is 7.07. The predicted molar refractivity (Wildman–Crippen MR) is 346 cm³/mol. The van der Waals surface area contributed by atoms with Crippen molar-refractivity contribution in [2.75, 3.05) is 33.1 Å². The van der Waals surface area contributed by atoms with E-state index in [0.717, 1.165) is 83.2 Å². The summed E-state index contributed by atoms with van der Waals surface area (Å²) in [6.07, 6.45) is 27.2. The average molecular weight is 1160 g/mol. The predicted octanol–water partition coefficient (Wildman–Crippen LogP) is 19.1. The number of nitrogens with zero attached hydrogens (tertiary/aromatic N) is 4. The summed E-state index contributed by atoms with van der Waals surface area (Å²) in [6.45, 7) is 33.6. The van der Waals surface area contributed by atoms with Gasteiger partial charge in [0.15, 0.2) is 5.71 Å². The first-order valence-electron chi connectivity index (χ1n) is 31.8. The molecule has 1 saturated carbocycles. The summed E-state index contributed by atoms with van der Waals surface area (Å²) in [6, 6.07) is 10.0. The van der Waals surface area contributed by atoms with Gasteiger partial charge in [0.05, 0.1) is 30.3 Å². The first kappa shape index (κ1) is 77.7. The summed E-state index contributed by atoms with van der Waals surface area (Å²) in [5.41, 5.74) is 6.20. The number of rotatable bonds is 22. The van der Waals surface area contributed by atoms with Gasteiger partial charge in [0, 0.05) is 57.3 Å². The molecule has 4 atom stereocenters. The number of unbranched alkanes of at least 4 members (excludes halogenated alkanes) is 3. The van der Waals surface area contributed by atoms with E-state index in [9.17, 15) is 27.6 Å². The van der Waals surface area contributed by atoms with Gasteiger partial charge in [-0.1, -0.05) is 179 Å². The highest BCUT2D eigenvalue weighted by atomic mass is 19.1. The number of aromatic nitrogens is 3. The molecule has 2 amide bonds. The molecule has 0 radical (unpaired) electrons. The van der Waals surface area contributed by atoms with Crippen LogP contribution < -0.4 is 10.6 Å². The van der Waals surface area contributed by atoms with Crippen LogP contribution in [0.3, 0.4) is 0 Å². The molecule has 470 valence electrons. The molecule has 6 rings (SSSR count). The van der Waals surface area contributed by atoms with E-state index in [1.807, 2.05) is 20.9 Å². The summed E-state index contributed by atoms with van der Waals surface area (Å²) >= 11 is 0. The molecule has 83 heavy (non-hydrogen) atoms. The molecule has 10 nitrogen and oxygen atoms in total. The number of allylic oxidation sites excluding steroid dienone is 1. The highest BCUT2D eigenvalue weighted by Gasteiger charge is 2.27. The van der Waals surface area contributed by atoms with Gasteiger partial charge in [-0.3, -0.25) is 19.9 Å². The number of carbonyl (C=O) groups excluding carboxylic acids is 3. The summed E-state index contributed by atoms with van der Waals surface area (Å²) in [4.78, 5) is 42.4. The fraction of sp³-hybridized carbons (Fsp3) is 0.657. The quantitative estimate of drug-likeness (QED) is 0.0460. The Morgan fingerprint density at radius 3 is 1.78 bits per heavy atom. The topological polar surface area (TPSA) is 118 Å². The summed E-state index contributed by atoms with van der Waals surface area (Å²) in [5.74, 6) is 4.22. The molecule has 2 aromatic carbocycles. The second-order valence-electron chi connectivity index (χ2n) is 23.2. The van der Waals surface area contributed by atoms with E-state index in [1.54, 1.807) is 57.8 Å². The minimum Gasteiger partial charge on any atom is -0.500 e. The average Bonchev–Trinajstić information content (AvgIpc) is 4.34. The zero-order valence-electron chi connectivity index (χ0n) is 55.6. The lowest BCUT2D eigenvalue weighted by molar-refractivity contribution is -0.497. The van der Waals surface area contributed by atoms with Crippen molar-refractivity contribution in [1.29, 1.82) is 0 Å². The van der Waals surface area contributed by atoms with E-state index in [0.29, 0.717) is 53.1 Å². The number of methoxy groups -OCH3 is 1. The van der Waals surface area contributed by atoms with Crippen LogP contribution in [-0.4, -0.2) is 70.7 Å². The number of pyridine rings is 1. The Labute approximate surface area is 503 Å². The number of halogens is 3. The van der Waals surface area contributed by atoms with Crippen LogP contribution in [0, 0.1) is 67.8 Å². The first-order chi connectivity index (χ1) is 39.5. The van der Waals surface area contributed by atoms with Crippen molar-refractivity contribution in [3.63, 3.8) is 0 Å². The third-order valence-corrected chi connectivity index (χ3v) is 16.0. The Morgan fingerprint density at radius 2 is 1.30 bits per heavy atom. The number of ether oxygens (including phenoxy) is 1. The van der Waals surface area contributed by atoms with Crippen molar-refractivity contribution in [2.24, 2.45) is 36.6 Å². The van der Waals surface area contributed by atoms with Gasteiger partial charge in [-0.05, 0) is 105 Å². The summed E-state index contributed by atoms with van der Waals surface area (Å²) in [5, 5.41) is 5.32. The van der Waals surface area contributed by atoms with E-state index in [4.69, 9.17) is 4.74 Å². The summed E-state index contributed by atoms with van der Waals surface area (Å²) < 4.78 is 47.8. The monoisotopic (exact) mass is 1160 g/mol. The highest BCUT2D eigenvalue weighted by molar-refractivity contribution is 6.21. The highest BCUT2D eigenvalue weighted by Crippen LogP contribution is 2.31. The van der Waals surface area contributed by atoms with Gasteiger partial charge in [-0.15, -0.1) is 0 Å². The molecule has 1 aliphatic carbocycles. The van der Waals surface area contributed by atoms with Crippen LogP contribution in [0.15, 0.2) is 48.2 Å². The Bertz CT molecular complexity index is 2450. The Balaban J connectivity index is 0.00000109. The van der Waals surface area contributed by atoms with Gasteiger partial charge in [0.1, 0.15) is 48.7 Å². The van der Waals surface area contributed by atoms with E-state index in [2.05, 4.69) is 101 Å². The van der Waals surface area contributed by atoms with Crippen molar-refractivity contribution in [3.8, 4) is 0 Å². The van der Waals surface area contributed by atoms with Crippen LogP contribution in [0.1, 0.15) is 251 Å². The van der Waals surface area contributed by atoms with Crippen molar-refractivity contribution < 1.29 is 36.9 Å². The van der Waals surface area contributed by atoms with E-state index in [1.165, 1.54) is 127 Å². The van der Waals surface area contributed by atoms with Crippen molar-refractivity contribution >= 4 is 46.4 Å². The van der Waals surface area contributed by atoms with Gasteiger partial charge in [-0.25, -0.2) is 22.7 Å². The molecular formula is C70H116F3N6O4+. The second kappa shape index (κ2) is 45.1. The SMILES string of the molecule is C1CCCC1.CCCC.CCCC(C)CCC(C)CC.CCCCC(C(C)CC)C(C)CC.CNC(=O)CCCC=O.COC1=C(c2cc(C(=O)Nc3nc4cc(F)c(C)cc4n3C)cc(C)n2)C(C)=[N+](C)CC1.Cc1cc(F)cc(F)c1. The third kappa shape index (κ3) is 31.4. The van der Waals surface area contributed by atoms with Crippen LogP contribution in [0.5, 0.6) is 0 Å². The number of benzene rings is 2. The maximum Gasteiger partial charge on any atom is 0.258 e. The zero-order chi connectivity index (χ0) is 63.0. The van der Waals surface area contributed by atoms with Crippen LogP contribution in [0.25, 0.3) is 16.6 Å². The number of aldehydes is 1. The Morgan fingerprint density at radius 1 is 0.723 bits per heavy atom. The molecule has 1 aliphatic heterocycles. The number of hydrogen-bond donors (Lipinski definition) is 2. The number of amides is 2. The van der Waals surface area contributed by atoms with Gasteiger partial charge in [0.2, 0.25) is 11.9 Å². The number of fused-ring (bicyclic) bond motifs is 1. The molecule has 2 aliphatic rings. The number of nitrogens with one attached hydrogen (secondary N) is 2. The van der Waals surface area contributed by atoms with Gasteiger partial charge in [0.25, 0.3) is 5.91 Å². The molecule has 4 aromatic rings. The van der Waals surface area contributed by atoms with Gasteiger partial charge in [-0.2, -0.15) is 0 Å². The van der Waals surface area contributed by atoms with Crippen LogP contribution >= 0.6 is 0 Å². The largest absolute Gasteiger partial charge is 0.500 e. The molecule has 1 fully saturated rings. The molecule has 0 saturated heterocycles. The van der Waals surface area contributed by atoms with Gasteiger partial charge >= 0.3 is 0 Å². The smallest absolute Gasteiger partial charge is 0.258 e. The number of carbonyl (C=O) groups is 3. The fourth-order valence-electron chi connectivity index (χ4n) is 9.65. The minimum atomic E-state index is -0.521. The molecule has 2 N–H and O–H groups in total. The van der Waals surface area contributed by atoms with Gasteiger partial charge < -0.3 is 19.4 Å². The lowest BCUT2D eigenvalue weighted by Gasteiger charge is -2.28. The molecule has 0 bridgehead atoms. The molecule has 4 unspecified atom stereocenters. The molecule has 2 aromatic heterocycles. The fourth-order valence-corrected chi connectivity index (χ4v) is 9.65. The van der Waals surface area contributed by atoms with Crippen LogP contribution in [0.2, 0.25) is 0 Å². The molecule has 13 heteroatoms. The molecule has 3 heterocycles. The van der Waals surface area contributed by atoms with Crippen molar-refractivity contribution in [3.05, 3.63) is 93.8 Å². The van der Waals surface area contributed by atoms with Crippen molar-refractivity contribution in [2.45, 2.75) is 239 Å². The van der Waals surface area contributed by atoms with Crippen molar-refractivity contribution in [1.82, 2.24) is 19.9 Å². The number of hydrogen-bond acceptors (Lipinski definition) is 6. The maximum atomic E-state index is 13.9. The maximum absolute atomic E-state index is 13.9. The second-order valence-corrected chi connectivity index (χ2v) is 23.2. The standard InChI is InChI=1S/C24H26FN5O2.C13H28.C11H24.C7H6F2.C6H11NO2.C5H10.C4H10/c1-13-9-20-18(12-17(13)25)27-24(30(20)5)28-23(31)16-10-14(2)26-19(11-16)22-15(3)29(4)8-7-21(22)32-6;1-6-9-10-13(11(4)7-2)12(5)8-3;1-5-7-11(4)9-8-10(3)6-2;1-5-2-6(8)4-7(9)3-5;1-7-6(9)4-2-3-5-8;1-2-4-5-3-1;1-3-4-2/h9-12H,7-8H2,1-6H3;11-13H,6-10H2,1-5H3;10-11H,5-9H2,1-4H3;2-4H,1H3;5H,2-4H2,1H3,(H,7,9);1-5H2;3-4H2,1-2H3/p+1. The lowest BCUT2D eigenvalue weighted by Crippen LogP contribution is -2.25. The molecular weight excluding hydrogens is 1050 g/mol. The zero-order valence-corrected chi connectivity index (χ0v) is 55.6. The lowest BCUT2D eigenvalue weighted by atomic mass is 9.78. The molecule has 0 spiro atoms. The third-order valence-electron chi connectivity index (χ3n) is 16.0. The number of imidazole rings is 1. The van der Waals surface area contributed by atoms with E-state index >= 15 is 0 Å². The number of aryl methyl sites for hydroxylation is 4. The van der Waals surface area contributed by atoms with Crippen LogP contribution in [0.4, 0.5) is 19.1 Å². The first-order valence-corrected chi connectivity index (χ1v) is 31.8.